The fourth-order valence-corrected chi connectivity index (χ4v) is 5.29. The van der Waals surface area contributed by atoms with Crippen molar-refractivity contribution >= 4 is 55.8 Å². The third kappa shape index (κ3) is 6.33. The normalized spacial score (nSPS) is 21.4. The lowest BCUT2D eigenvalue weighted by molar-refractivity contribution is -0.172. The molecule has 2 heterocycles. The third-order valence-electron chi connectivity index (χ3n) is 4.79. The van der Waals surface area contributed by atoms with Crippen molar-refractivity contribution in [3.8, 4) is 0 Å². The third-order valence-corrected chi connectivity index (χ3v) is 7.75. The summed E-state index contributed by atoms with van der Waals surface area (Å²) in [6.07, 6.45) is -1.70. The van der Waals surface area contributed by atoms with Crippen molar-refractivity contribution in [2.24, 2.45) is 0 Å². The molecule has 0 bridgehead atoms. The summed E-state index contributed by atoms with van der Waals surface area (Å²) < 4.78 is 56.2. The smallest absolute Gasteiger partial charge is 0.324 e. The van der Waals surface area contributed by atoms with E-state index in [-0.39, 0.29) is 48.7 Å². The number of hydroxylamine groups is 4. The Balaban J connectivity index is 1.67. The lowest BCUT2D eigenvalue weighted by atomic mass is 10.1. The van der Waals surface area contributed by atoms with Crippen molar-refractivity contribution in [1.29, 1.82) is 0 Å². The number of carbonyl (C=O) groups is 6. The van der Waals surface area contributed by atoms with Gasteiger partial charge in [0.25, 0.3) is 23.6 Å². The Hall–Kier alpha value is -2.96. The largest absolute Gasteiger partial charge is 0.345 e. The van der Waals surface area contributed by atoms with E-state index in [9.17, 15) is 45.6 Å². The maximum Gasteiger partial charge on any atom is 0.324 e. The summed E-state index contributed by atoms with van der Waals surface area (Å²) in [6.45, 7) is 0. The first-order chi connectivity index (χ1) is 15.7. The maximum atomic E-state index is 11.9. The van der Waals surface area contributed by atoms with Gasteiger partial charge in [0.2, 0.25) is 0 Å². The van der Waals surface area contributed by atoms with Crippen LogP contribution < -0.4 is 0 Å². The molecule has 0 radical (unpaired) electrons. The van der Waals surface area contributed by atoms with Gasteiger partial charge in [-0.05, 0) is 12.8 Å². The Bertz CT molecular complexity index is 1020. The van der Waals surface area contributed by atoms with E-state index in [0.29, 0.717) is 0 Å². The topological polar surface area (TPSA) is 236 Å². The summed E-state index contributed by atoms with van der Waals surface area (Å²) in [5.74, 6) is -7.56. The molecular weight excluding hydrogens is 508 g/mol. The standard InChI is InChI=1S/C16H20N2O14S2/c19-11-7-9(15(23)17(11)25)33(27,28)31-13(21)5-3-1-2-4-6-14(22)32-34(29,30)10-8-12(20)18(26)16(10)24/h9-10,25-26H,1-8H2. The minimum Gasteiger partial charge on any atom is -0.345 e. The van der Waals surface area contributed by atoms with Gasteiger partial charge in [-0.15, -0.1) is 0 Å². The zero-order valence-electron chi connectivity index (χ0n) is 17.3. The average Bonchev–Trinajstić information content (AvgIpc) is 3.15. The molecule has 2 saturated heterocycles. The Morgan fingerprint density at radius 3 is 1.29 bits per heavy atom. The van der Waals surface area contributed by atoms with E-state index >= 15 is 0 Å². The first kappa shape index (κ1) is 27.3. The van der Waals surface area contributed by atoms with E-state index < -0.39 is 79.1 Å². The molecule has 0 aliphatic carbocycles. The maximum absolute atomic E-state index is 11.9. The Morgan fingerprint density at radius 2 is 1.03 bits per heavy atom. The highest BCUT2D eigenvalue weighted by atomic mass is 32.2. The number of unbranched alkanes of at least 4 members (excludes halogenated alkanes) is 3. The number of hydrogen-bond donors (Lipinski definition) is 2. The molecule has 2 aliphatic rings. The molecule has 4 amide bonds. The van der Waals surface area contributed by atoms with Crippen LogP contribution in [0.5, 0.6) is 0 Å². The number of hydrogen-bond acceptors (Lipinski definition) is 14. The fourth-order valence-electron chi connectivity index (χ4n) is 2.99. The second kappa shape index (κ2) is 10.5. The van der Waals surface area contributed by atoms with E-state index in [2.05, 4.69) is 8.37 Å². The van der Waals surface area contributed by atoms with Crippen LogP contribution in [0.25, 0.3) is 0 Å². The van der Waals surface area contributed by atoms with Gasteiger partial charge in [0.15, 0.2) is 10.5 Å². The monoisotopic (exact) mass is 528 g/mol. The molecule has 190 valence electrons. The van der Waals surface area contributed by atoms with E-state index in [1.807, 2.05) is 0 Å². The lowest BCUT2D eigenvalue weighted by Crippen LogP contribution is -2.34. The van der Waals surface area contributed by atoms with E-state index in [1.54, 1.807) is 0 Å². The minimum atomic E-state index is -4.77. The molecule has 2 N–H and O–H groups in total. The van der Waals surface area contributed by atoms with Gasteiger partial charge >= 0.3 is 32.2 Å². The van der Waals surface area contributed by atoms with E-state index in [0.717, 1.165) is 0 Å². The quantitative estimate of drug-likeness (QED) is 0.129. The Kier molecular flexibility index (Phi) is 8.45. The van der Waals surface area contributed by atoms with Crippen LogP contribution in [0, 0.1) is 0 Å². The second-order valence-electron chi connectivity index (χ2n) is 7.28. The van der Waals surface area contributed by atoms with Crippen molar-refractivity contribution < 1.29 is 64.4 Å². The van der Waals surface area contributed by atoms with Gasteiger partial charge in [-0.2, -0.15) is 27.0 Å². The van der Waals surface area contributed by atoms with Crippen LogP contribution in [0.4, 0.5) is 0 Å². The molecule has 0 aromatic heterocycles. The number of amides is 4. The van der Waals surface area contributed by atoms with Gasteiger partial charge in [-0.1, -0.05) is 12.8 Å². The van der Waals surface area contributed by atoms with Crippen molar-refractivity contribution in [2.75, 3.05) is 0 Å². The highest BCUT2D eigenvalue weighted by Gasteiger charge is 2.49. The number of rotatable bonds is 11. The highest BCUT2D eigenvalue weighted by Crippen LogP contribution is 2.22. The minimum absolute atomic E-state index is 0.108. The molecule has 16 nitrogen and oxygen atoms in total. The van der Waals surface area contributed by atoms with Crippen molar-refractivity contribution in [2.45, 2.75) is 61.9 Å². The van der Waals surface area contributed by atoms with Gasteiger partial charge in [0, 0.05) is 12.8 Å². The summed E-state index contributed by atoms with van der Waals surface area (Å²) in [4.78, 5) is 68.7. The SMILES string of the molecule is O=C(CCCCCCC(=O)OS(=O)(=O)C1CC(=O)N(O)C1=O)OS(=O)(=O)C1CC(=O)N(O)C1=O. The zero-order valence-corrected chi connectivity index (χ0v) is 18.9. The molecule has 0 saturated carbocycles. The Morgan fingerprint density at radius 1 is 0.706 bits per heavy atom. The van der Waals surface area contributed by atoms with Crippen LogP contribution in [0.3, 0.4) is 0 Å². The Labute approximate surface area is 192 Å². The van der Waals surface area contributed by atoms with Gasteiger partial charge in [0.05, 0.1) is 12.8 Å². The molecule has 2 aliphatic heterocycles. The number of nitrogens with zero attached hydrogens (tertiary/aromatic N) is 2. The summed E-state index contributed by atoms with van der Waals surface area (Å²) in [5, 5.41) is 13.4. The molecule has 18 heteroatoms. The van der Waals surface area contributed by atoms with E-state index in [1.165, 1.54) is 0 Å². The van der Waals surface area contributed by atoms with Crippen LogP contribution in [0.2, 0.25) is 0 Å². The molecule has 2 unspecified atom stereocenters. The van der Waals surface area contributed by atoms with Crippen LogP contribution in [0.15, 0.2) is 0 Å². The fraction of sp³-hybridized carbons (Fsp3) is 0.625. The summed E-state index contributed by atoms with van der Waals surface area (Å²) in [6, 6.07) is 0. The molecule has 0 aromatic rings. The first-order valence-corrected chi connectivity index (χ1v) is 12.6. The predicted octanol–water partition coefficient (Wildman–Crippen LogP) is -1.89. The summed E-state index contributed by atoms with van der Waals surface area (Å²) in [7, 11) is -9.54. The van der Waals surface area contributed by atoms with Gasteiger partial charge in [0.1, 0.15) is 0 Å². The second-order valence-corrected chi connectivity index (χ2v) is 10.7. The van der Waals surface area contributed by atoms with Gasteiger partial charge in [-0.25, -0.2) is 0 Å². The summed E-state index contributed by atoms with van der Waals surface area (Å²) in [5.41, 5.74) is 0. The average molecular weight is 528 g/mol. The molecule has 34 heavy (non-hydrogen) atoms. The van der Waals surface area contributed by atoms with Crippen LogP contribution in [0.1, 0.15) is 51.4 Å². The van der Waals surface area contributed by atoms with Crippen molar-refractivity contribution in [1.82, 2.24) is 10.1 Å². The zero-order chi connectivity index (χ0) is 25.8. The van der Waals surface area contributed by atoms with Crippen molar-refractivity contribution in [3.63, 3.8) is 0 Å². The van der Waals surface area contributed by atoms with Crippen LogP contribution >= 0.6 is 0 Å². The molecule has 0 aromatic carbocycles. The van der Waals surface area contributed by atoms with Gasteiger partial charge in [-0.3, -0.25) is 39.2 Å². The molecular formula is C16H20N2O14S2. The molecule has 2 fully saturated rings. The molecule has 2 atom stereocenters. The highest BCUT2D eigenvalue weighted by molar-refractivity contribution is 7.89. The number of imide groups is 2. The summed E-state index contributed by atoms with van der Waals surface area (Å²) >= 11 is 0. The van der Waals surface area contributed by atoms with Crippen LogP contribution in [-0.2, 0) is 57.4 Å². The predicted molar refractivity (Wildman–Crippen MR) is 102 cm³/mol. The van der Waals surface area contributed by atoms with Crippen molar-refractivity contribution in [3.05, 3.63) is 0 Å². The van der Waals surface area contributed by atoms with Crippen LogP contribution in [-0.4, -0.2) is 83.4 Å². The molecule has 2 rings (SSSR count). The van der Waals surface area contributed by atoms with Gasteiger partial charge < -0.3 is 8.37 Å². The first-order valence-electron chi connectivity index (χ1n) is 9.71. The lowest BCUT2D eigenvalue weighted by Gasteiger charge is -2.10. The number of carbonyl (C=O) groups excluding carboxylic acids is 6. The van der Waals surface area contributed by atoms with E-state index in [4.69, 9.17) is 10.4 Å². The molecule has 0 spiro atoms.